The van der Waals surface area contributed by atoms with E-state index in [-0.39, 0.29) is 21.8 Å². The van der Waals surface area contributed by atoms with E-state index in [1.54, 1.807) is 18.2 Å². The maximum Gasteiger partial charge on any atom is 0.270 e. The molecule has 0 bridgehead atoms. The van der Waals surface area contributed by atoms with Crippen molar-refractivity contribution in [3.8, 4) is 0 Å². The molecule has 0 saturated carbocycles. The van der Waals surface area contributed by atoms with Crippen LogP contribution in [-0.4, -0.2) is 28.7 Å². The van der Waals surface area contributed by atoms with Crippen LogP contribution in [0, 0.1) is 10.1 Å². The second kappa shape index (κ2) is 8.77. The van der Waals surface area contributed by atoms with Crippen LogP contribution < -0.4 is 16.2 Å². The average Bonchev–Trinajstić information content (AvgIpc) is 2.66. The minimum Gasteiger partial charge on any atom is -0.340 e. The number of benzene rings is 2. The first-order valence-corrected chi connectivity index (χ1v) is 8.07. The van der Waals surface area contributed by atoms with E-state index in [9.17, 15) is 24.5 Å². The summed E-state index contributed by atoms with van der Waals surface area (Å²) in [7, 11) is 0. The standard InChI is InChI=1S/C17H15ClN4O5/c1-10(19-17(25)13-7-2-3-8-14(13)18)15(23)20-21-16(24)11-5-4-6-12(9-11)22(26)27/h2-10H,1H3,(H,19,25)(H,20,23)(H,21,24)/t10-/m0/s1. The molecule has 0 fully saturated rings. The molecule has 10 heteroatoms. The topological polar surface area (TPSA) is 130 Å². The lowest BCUT2D eigenvalue weighted by molar-refractivity contribution is -0.384. The molecule has 0 aliphatic rings. The van der Waals surface area contributed by atoms with Gasteiger partial charge >= 0.3 is 0 Å². The molecule has 0 spiro atoms. The molecule has 0 aromatic heterocycles. The molecule has 2 aromatic rings. The number of amides is 3. The Hall–Kier alpha value is -3.46. The maximum atomic E-state index is 12.1. The quantitative estimate of drug-likeness (QED) is 0.529. The fourth-order valence-corrected chi connectivity index (χ4v) is 2.27. The number of halogens is 1. The van der Waals surface area contributed by atoms with Gasteiger partial charge in [-0.3, -0.25) is 35.3 Å². The molecule has 0 heterocycles. The average molecular weight is 391 g/mol. The van der Waals surface area contributed by atoms with Crippen LogP contribution in [0.5, 0.6) is 0 Å². The third-order valence-corrected chi connectivity index (χ3v) is 3.81. The minimum absolute atomic E-state index is 0.00254. The number of hydrazine groups is 1. The van der Waals surface area contributed by atoms with Crippen molar-refractivity contribution in [1.82, 2.24) is 16.2 Å². The number of hydrogen-bond donors (Lipinski definition) is 3. The fourth-order valence-electron chi connectivity index (χ4n) is 2.04. The highest BCUT2D eigenvalue weighted by atomic mass is 35.5. The SMILES string of the molecule is C[C@H](NC(=O)c1ccccc1Cl)C(=O)NNC(=O)c1cccc([N+](=O)[O-])c1. The van der Waals surface area contributed by atoms with Crippen molar-refractivity contribution in [3.05, 3.63) is 74.8 Å². The Balaban J connectivity index is 1.92. The Morgan fingerprint density at radius 2 is 1.74 bits per heavy atom. The zero-order valence-electron chi connectivity index (χ0n) is 14.1. The van der Waals surface area contributed by atoms with Crippen LogP contribution in [0.4, 0.5) is 5.69 Å². The highest BCUT2D eigenvalue weighted by Crippen LogP contribution is 2.15. The lowest BCUT2D eigenvalue weighted by Crippen LogP contribution is -2.51. The summed E-state index contributed by atoms with van der Waals surface area (Å²) in [6.45, 7) is 1.42. The van der Waals surface area contributed by atoms with Crippen molar-refractivity contribution < 1.29 is 19.3 Å². The first-order chi connectivity index (χ1) is 12.8. The molecule has 27 heavy (non-hydrogen) atoms. The van der Waals surface area contributed by atoms with Gasteiger partial charge in [-0.05, 0) is 25.1 Å². The summed E-state index contributed by atoms with van der Waals surface area (Å²) >= 11 is 5.92. The highest BCUT2D eigenvalue weighted by Gasteiger charge is 2.19. The largest absolute Gasteiger partial charge is 0.340 e. The van der Waals surface area contributed by atoms with Gasteiger partial charge in [0.15, 0.2) is 0 Å². The summed E-state index contributed by atoms with van der Waals surface area (Å²) in [6, 6.07) is 10.4. The lowest BCUT2D eigenvalue weighted by atomic mass is 10.2. The molecule has 0 radical (unpaired) electrons. The van der Waals surface area contributed by atoms with Gasteiger partial charge in [-0.15, -0.1) is 0 Å². The van der Waals surface area contributed by atoms with E-state index in [0.29, 0.717) is 0 Å². The van der Waals surface area contributed by atoms with Crippen molar-refractivity contribution >= 4 is 35.0 Å². The molecule has 0 aliphatic heterocycles. The third kappa shape index (κ3) is 5.25. The van der Waals surface area contributed by atoms with E-state index in [1.807, 2.05) is 0 Å². The summed E-state index contributed by atoms with van der Waals surface area (Å²) in [6.07, 6.45) is 0. The predicted octanol–water partition coefficient (Wildman–Crippen LogP) is 1.83. The zero-order chi connectivity index (χ0) is 20.0. The predicted molar refractivity (Wildman–Crippen MR) is 97.1 cm³/mol. The van der Waals surface area contributed by atoms with Crippen molar-refractivity contribution in [2.75, 3.05) is 0 Å². The van der Waals surface area contributed by atoms with E-state index in [1.165, 1.54) is 31.2 Å². The van der Waals surface area contributed by atoms with Crippen molar-refractivity contribution in [2.45, 2.75) is 13.0 Å². The summed E-state index contributed by atoms with van der Waals surface area (Å²) in [5.41, 5.74) is 4.23. The lowest BCUT2D eigenvalue weighted by Gasteiger charge is -2.15. The number of hydrogen-bond acceptors (Lipinski definition) is 5. The van der Waals surface area contributed by atoms with Gasteiger partial charge in [0.2, 0.25) is 0 Å². The monoisotopic (exact) mass is 390 g/mol. The molecule has 0 unspecified atom stereocenters. The molecule has 9 nitrogen and oxygen atoms in total. The van der Waals surface area contributed by atoms with Gasteiger partial charge in [-0.2, -0.15) is 0 Å². The molecule has 2 rings (SSSR count). The normalized spacial score (nSPS) is 11.2. The second-order valence-electron chi connectivity index (χ2n) is 5.43. The number of rotatable bonds is 5. The van der Waals surface area contributed by atoms with E-state index < -0.39 is 28.7 Å². The van der Waals surface area contributed by atoms with E-state index in [0.717, 1.165) is 6.07 Å². The zero-order valence-corrected chi connectivity index (χ0v) is 14.8. The van der Waals surface area contributed by atoms with Gasteiger partial charge in [0, 0.05) is 17.7 Å². The van der Waals surface area contributed by atoms with Crippen molar-refractivity contribution in [3.63, 3.8) is 0 Å². The summed E-state index contributed by atoms with van der Waals surface area (Å²) < 4.78 is 0. The van der Waals surface area contributed by atoms with Gasteiger partial charge in [0.25, 0.3) is 23.4 Å². The molecule has 3 amide bonds. The Labute approximate surface area is 158 Å². The van der Waals surface area contributed by atoms with Crippen molar-refractivity contribution in [1.29, 1.82) is 0 Å². The third-order valence-electron chi connectivity index (χ3n) is 3.48. The molecule has 1 atom stereocenters. The molecular weight excluding hydrogens is 376 g/mol. The van der Waals surface area contributed by atoms with Gasteiger partial charge < -0.3 is 5.32 Å². The maximum absolute atomic E-state index is 12.1. The molecule has 0 saturated heterocycles. The van der Waals surface area contributed by atoms with Gasteiger partial charge in [0.05, 0.1) is 15.5 Å². The van der Waals surface area contributed by atoms with Crippen LogP contribution in [0.1, 0.15) is 27.6 Å². The van der Waals surface area contributed by atoms with Crippen molar-refractivity contribution in [2.24, 2.45) is 0 Å². The Bertz CT molecular complexity index is 902. The number of carbonyl (C=O) groups excluding carboxylic acids is 3. The molecule has 2 aromatic carbocycles. The summed E-state index contributed by atoms with van der Waals surface area (Å²) in [5, 5.41) is 13.4. The van der Waals surface area contributed by atoms with Crippen LogP contribution in [0.2, 0.25) is 5.02 Å². The molecule has 140 valence electrons. The van der Waals surface area contributed by atoms with Crippen LogP contribution in [0.3, 0.4) is 0 Å². The number of nitro benzene ring substituents is 1. The Morgan fingerprint density at radius 3 is 2.41 bits per heavy atom. The molecular formula is C17H15ClN4O5. The number of non-ortho nitro benzene ring substituents is 1. The van der Waals surface area contributed by atoms with Crippen LogP contribution in [-0.2, 0) is 4.79 Å². The molecule has 0 aliphatic carbocycles. The van der Waals surface area contributed by atoms with E-state index >= 15 is 0 Å². The number of nitro groups is 1. The Morgan fingerprint density at radius 1 is 1.04 bits per heavy atom. The van der Waals surface area contributed by atoms with Crippen LogP contribution >= 0.6 is 11.6 Å². The van der Waals surface area contributed by atoms with E-state index in [4.69, 9.17) is 11.6 Å². The van der Waals surface area contributed by atoms with Gasteiger partial charge in [-0.1, -0.05) is 29.8 Å². The second-order valence-corrected chi connectivity index (χ2v) is 5.83. The van der Waals surface area contributed by atoms with Crippen LogP contribution in [0.15, 0.2) is 48.5 Å². The smallest absolute Gasteiger partial charge is 0.270 e. The minimum atomic E-state index is -0.973. The number of carbonyl (C=O) groups is 3. The highest BCUT2D eigenvalue weighted by molar-refractivity contribution is 6.33. The first-order valence-electron chi connectivity index (χ1n) is 7.69. The number of nitrogens with zero attached hydrogens (tertiary/aromatic N) is 1. The first kappa shape index (κ1) is 19.9. The number of nitrogens with one attached hydrogen (secondary N) is 3. The Kier molecular flexibility index (Phi) is 6.45. The summed E-state index contributed by atoms with van der Waals surface area (Å²) in [4.78, 5) is 46.2. The fraction of sp³-hybridized carbons (Fsp3) is 0.118. The van der Waals surface area contributed by atoms with E-state index in [2.05, 4.69) is 16.2 Å². The molecule has 3 N–H and O–H groups in total. The van der Waals surface area contributed by atoms with Crippen LogP contribution in [0.25, 0.3) is 0 Å². The van der Waals surface area contributed by atoms with Gasteiger partial charge in [0.1, 0.15) is 6.04 Å². The summed E-state index contributed by atoms with van der Waals surface area (Å²) in [5.74, 6) is -1.97. The van der Waals surface area contributed by atoms with Gasteiger partial charge in [-0.25, -0.2) is 0 Å².